The van der Waals surface area contributed by atoms with Gasteiger partial charge in [0.05, 0.1) is 5.02 Å². The van der Waals surface area contributed by atoms with Crippen LogP contribution < -0.4 is 5.56 Å². The summed E-state index contributed by atoms with van der Waals surface area (Å²) in [7, 11) is 0. The Morgan fingerprint density at radius 3 is 2.65 bits per heavy atom. The number of pyridine rings is 1. The predicted octanol–water partition coefficient (Wildman–Crippen LogP) is 3.22. The zero-order valence-electron chi connectivity index (χ0n) is 9.21. The summed E-state index contributed by atoms with van der Waals surface area (Å²) in [6.45, 7) is 0.522. The third-order valence-corrected chi connectivity index (χ3v) is 2.58. The summed E-state index contributed by atoms with van der Waals surface area (Å²) in [4.78, 5) is 11.5. The predicted molar refractivity (Wildman–Crippen MR) is 71.2 cm³/mol. The second-order valence-electron chi connectivity index (χ2n) is 3.65. The van der Waals surface area contributed by atoms with Gasteiger partial charge < -0.3 is 4.57 Å². The maximum atomic E-state index is 11.5. The maximum absolute atomic E-state index is 11.5. The summed E-state index contributed by atoms with van der Waals surface area (Å²) in [5, 5.41) is 0.567. The standard InChI is InChI=1S/C14H12ClNO/c15-13-8-9-14(17)16(11-13)10-4-7-12-5-2-1-3-6-12/h1-9,11H,10H2/b7-4-. The monoisotopic (exact) mass is 245 g/mol. The van der Waals surface area contributed by atoms with Gasteiger partial charge in [0, 0.05) is 18.8 Å². The van der Waals surface area contributed by atoms with Crippen LogP contribution in [0.1, 0.15) is 5.56 Å². The molecule has 0 aliphatic carbocycles. The summed E-state index contributed by atoms with van der Waals surface area (Å²) < 4.78 is 1.57. The molecule has 2 nitrogen and oxygen atoms in total. The van der Waals surface area contributed by atoms with E-state index in [4.69, 9.17) is 11.6 Å². The van der Waals surface area contributed by atoms with Gasteiger partial charge in [-0.2, -0.15) is 0 Å². The van der Waals surface area contributed by atoms with E-state index in [-0.39, 0.29) is 5.56 Å². The molecular formula is C14H12ClNO. The highest BCUT2D eigenvalue weighted by molar-refractivity contribution is 6.30. The fourth-order valence-corrected chi connectivity index (χ4v) is 1.69. The summed E-state index contributed by atoms with van der Waals surface area (Å²) in [6, 6.07) is 13.0. The summed E-state index contributed by atoms with van der Waals surface area (Å²) in [5.74, 6) is 0. The first kappa shape index (κ1) is 11.7. The van der Waals surface area contributed by atoms with Crippen molar-refractivity contribution in [2.24, 2.45) is 0 Å². The van der Waals surface area contributed by atoms with Gasteiger partial charge in [0.25, 0.3) is 5.56 Å². The molecule has 0 aliphatic rings. The summed E-state index contributed by atoms with van der Waals surface area (Å²) in [5.41, 5.74) is 1.06. The van der Waals surface area contributed by atoms with Crippen LogP contribution >= 0.6 is 11.6 Å². The molecule has 17 heavy (non-hydrogen) atoms. The fraction of sp³-hybridized carbons (Fsp3) is 0.0714. The van der Waals surface area contributed by atoms with Crippen molar-refractivity contribution >= 4 is 17.7 Å². The molecule has 0 aliphatic heterocycles. The van der Waals surface area contributed by atoms with Crippen LogP contribution in [0.3, 0.4) is 0 Å². The Morgan fingerprint density at radius 2 is 1.88 bits per heavy atom. The van der Waals surface area contributed by atoms with Crippen LogP contribution in [0.2, 0.25) is 5.02 Å². The molecule has 2 rings (SSSR count). The fourth-order valence-electron chi connectivity index (χ4n) is 1.51. The van der Waals surface area contributed by atoms with Gasteiger partial charge in [-0.15, -0.1) is 0 Å². The Hall–Kier alpha value is -1.80. The number of allylic oxidation sites excluding steroid dienone is 1. The molecule has 0 bridgehead atoms. The SMILES string of the molecule is O=c1ccc(Cl)cn1C/C=C\c1ccccc1. The van der Waals surface area contributed by atoms with Crippen molar-refractivity contribution in [3.05, 3.63) is 75.7 Å². The zero-order valence-corrected chi connectivity index (χ0v) is 9.97. The molecule has 0 radical (unpaired) electrons. The molecule has 0 amide bonds. The van der Waals surface area contributed by atoms with E-state index in [1.54, 1.807) is 16.8 Å². The average Bonchev–Trinajstić information content (AvgIpc) is 2.35. The quantitative estimate of drug-likeness (QED) is 0.814. The topological polar surface area (TPSA) is 22.0 Å². The van der Waals surface area contributed by atoms with Crippen LogP contribution in [0.4, 0.5) is 0 Å². The number of rotatable bonds is 3. The van der Waals surface area contributed by atoms with E-state index >= 15 is 0 Å². The average molecular weight is 246 g/mol. The zero-order chi connectivity index (χ0) is 12.1. The highest BCUT2D eigenvalue weighted by Crippen LogP contribution is 2.04. The maximum Gasteiger partial charge on any atom is 0.250 e. The first-order valence-corrected chi connectivity index (χ1v) is 5.71. The van der Waals surface area contributed by atoms with Crippen molar-refractivity contribution in [3.63, 3.8) is 0 Å². The van der Waals surface area contributed by atoms with Gasteiger partial charge in [-0.25, -0.2) is 0 Å². The molecule has 1 aromatic heterocycles. The van der Waals surface area contributed by atoms with E-state index in [1.807, 2.05) is 42.5 Å². The van der Waals surface area contributed by atoms with E-state index in [0.29, 0.717) is 11.6 Å². The van der Waals surface area contributed by atoms with E-state index in [2.05, 4.69) is 0 Å². The van der Waals surface area contributed by atoms with Crippen LogP contribution in [0.25, 0.3) is 6.08 Å². The van der Waals surface area contributed by atoms with Crippen LogP contribution in [-0.2, 0) is 6.54 Å². The van der Waals surface area contributed by atoms with Gasteiger partial charge >= 0.3 is 0 Å². The molecule has 1 heterocycles. The van der Waals surface area contributed by atoms with Crippen LogP contribution in [0.15, 0.2) is 59.5 Å². The molecule has 3 heteroatoms. The van der Waals surface area contributed by atoms with Crippen molar-refractivity contribution in [2.75, 3.05) is 0 Å². The third kappa shape index (κ3) is 3.33. The first-order chi connectivity index (χ1) is 8.25. The lowest BCUT2D eigenvalue weighted by Crippen LogP contribution is -2.16. The highest BCUT2D eigenvalue weighted by atomic mass is 35.5. The third-order valence-electron chi connectivity index (χ3n) is 2.36. The molecule has 1 aromatic carbocycles. The van der Waals surface area contributed by atoms with Gasteiger partial charge in [-0.1, -0.05) is 54.1 Å². The van der Waals surface area contributed by atoms with Gasteiger partial charge in [0.2, 0.25) is 0 Å². The molecule has 0 fully saturated rings. The van der Waals surface area contributed by atoms with Gasteiger partial charge in [0.15, 0.2) is 0 Å². The van der Waals surface area contributed by atoms with Crippen molar-refractivity contribution in [1.29, 1.82) is 0 Å². The number of halogens is 1. The Morgan fingerprint density at radius 1 is 1.12 bits per heavy atom. The molecule has 0 saturated heterocycles. The molecule has 2 aromatic rings. The van der Waals surface area contributed by atoms with Crippen LogP contribution in [0, 0.1) is 0 Å². The van der Waals surface area contributed by atoms with Crippen LogP contribution in [0.5, 0.6) is 0 Å². The van der Waals surface area contributed by atoms with Crippen molar-refractivity contribution in [1.82, 2.24) is 4.57 Å². The van der Waals surface area contributed by atoms with Crippen molar-refractivity contribution in [3.8, 4) is 0 Å². The Bertz CT molecular complexity index is 572. The molecular weight excluding hydrogens is 234 g/mol. The minimum absolute atomic E-state index is 0.0490. The minimum atomic E-state index is -0.0490. The molecule has 86 valence electrons. The number of hydrogen-bond acceptors (Lipinski definition) is 1. The van der Waals surface area contributed by atoms with E-state index in [0.717, 1.165) is 5.56 Å². The Balaban J connectivity index is 2.10. The van der Waals surface area contributed by atoms with E-state index in [1.165, 1.54) is 6.07 Å². The van der Waals surface area contributed by atoms with E-state index in [9.17, 15) is 4.79 Å². The lowest BCUT2D eigenvalue weighted by atomic mass is 10.2. The minimum Gasteiger partial charge on any atom is -0.310 e. The lowest BCUT2D eigenvalue weighted by Gasteiger charge is -2.01. The second-order valence-corrected chi connectivity index (χ2v) is 4.09. The van der Waals surface area contributed by atoms with Gasteiger partial charge in [-0.05, 0) is 11.6 Å². The largest absolute Gasteiger partial charge is 0.310 e. The Kier molecular flexibility index (Phi) is 3.78. The smallest absolute Gasteiger partial charge is 0.250 e. The van der Waals surface area contributed by atoms with Gasteiger partial charge in [-0.3, -0.25) is 4.79 Å². The first-order valence-electron chi connectivity index (χ1n) is 5.33. The summed E-state index contributed by atoms with van der Waals surface area (Å²) >= 11 is 5.83. The van der Waals surface area contributed by atoms with Crippen molar-refractivity contribution in [2.45, 2.75) is 6.54 Å². The normalized spacial score (nSPS) is 10.9. The molecule has 0 unspecified atom stereocenters. The van der Waals surface area contributed by atoms with E-state index < -0.39 is 0 Å². The van der Waals surface area contributed by atoms with Crippen LogP contribution in [-0.4, -0.2) is 4.57 Å². The van der Waals surface area contributed by atoms with Gasteiger partial charge in [0.1, 0.15) is 0 Å². The number of aromatic nitrogens is 1. The molecule has 0 spiro atoms. The second kappa shape index (κ2) is 5.51. The summed E-state index contributed by atoms with van der Waals surface area (Å²) in [6.07, 6.45) is 5.56. The molecule has 0 saturated carbocycles. The van der Waals surface area contributed by atoms with Crippen molar-refractivity contribution < 1.29 is 0 Å². The lowest BCUT2D eigenvalue weighted by molar-refractivity contribution is 0.781. The highest BCUT2D eigenvalue weighted by Gasteiger charge is 1.94. The Labute approximate surface area is 105 Å². The number of nitrogens with zero attached hydrogens (tertiary/aromatic N) is 1. The number of benzene rings is 1. The molecule has 0 atom stereocenters. The number of hydrogen-bond donors (Lipinski definition) is 0. The molecule has 0 N–H and O–H groups in total.